The number of nitrogens with zero attached hydrogens (tertiary/aromatic N) is 1. The molecule has 0 spiro atoms. The van der Waals surface area contributed by atoms with Crippen molar-refractivity contribution in [1.82, 2.24) is 4.90 Å². The zero-order valence-electron chi connectivity index (χ0n) is 11.1. The molecule has 0 radical (unpaired) electrons. The predicted molar refractivity (Wildman–Crippen MR) is 68.4 cm³/mol. The Labute approximate surface area is 104 Å². The van der Waals surface area contributed by atoms with Gasteiger partial charge >= 0.3 is 0 Å². The summed E-state index contributed by atoms with van der Waals surface area (Å²) in [4.78, 5) is 14.1. The van der Waals surface area contributed by atoms with Crippen molar-refractivity contribution in [2.75, 3.05) is 19.7 Å². The fourth-order valence-electron chi connectivity index (χ4n) is 2.65. The summed E-state index contributed by atoms with van der Waals surface area (Å²) in [5, 5.41) is 9.00. The minimum atomic E-state index is -0.0446. The molecule has 4 nitrogen and oxygen atoms in total. The molecule has 0 aromatic rings. The van der Waals surface area contributed by atoms with Gasteiger partial charge in [-0.25, -0.2) is 0 Å². The SMILES string of the molecule is CCCN(CCO)C(=O)C1CC(C)CCC1N. The van der Waals surface area contributed by atoms with Crippen LogP contribution in [-0.2, 0) is 4.79 Å². The molecule has 3 atom stereocenters. The second kappa shape index (κ2) is 6.97. The number of nitrogens with two attached hydrogens (primary N) is 1. The van der Waals surface area contributed by atoms with E-state index in [1.54, 1.807) is 4.90 Å². The molecule has 100 valence electrons. The van der Waals surface area contributed by atoms with Crippen LogP contribution in [0.3, 0.4) is 0 Å². The first-order valence-electron chi connectivity index (χ1n) is 6.75. The van der Waals surface area contributed by atoms with Gasteiger partial charge in [0.15, 0.2) is 0 Å². The van der Waals surface area contributed by atoms with Crippen molar-refractivity contribution in [3.05, 3.63) is 0 Å². The average molecular weight is 242 g/mol. The monoisotopic (exact) mass is 242 g/mol. The van der Waals surface area contributed by atoms with Gasteiger partial charge in [0.05, 0.1) is 12.5 Å². The third kappa shape index (κ3) is 3.96. The topological polar surface area (TPSA) is 66.6 Å². The van der Waals surface area contributed by atoms with Crippen LogP contribution in [0.2, 0.25) is 0 Å². The first kappa shape index (κ1) is 14.5. The van der Waals surface area contributed by atoms with E-state index >= 15 is 0 Å². The zero-order chi connectivity index (χ0) is 12.8. The summed E-state index contributed by atoms with van der Waals surface area (Å²) in [5.41, 5.74) is 6.06. The van der Waals surface area contributed by atoms with E-state index in [1.165, 1.54) is 0 Å². The summed E-state index contributed by atoms with van der Waals surface area (Å²) in [5.74, 6) is 0.679. The van der Waals surface area contributed by atoms with Crippen molar-refractivity contribution in [1.29, 1.82) is 0 Å². The third-order valence-electron chi connectivity index (χ3n) is 3.66. The van der Waals surface area contributed by atoms with Crippen LogP contribution in [0.15, 0.2) is 0 Å². The Morgan fingerprint density at radius 2 is 2.12 bits per heavy atom. The predicted octanol–water partition coefficient (Wildman–Crippen LogP) is 0.981. The maximum Gasteiger partial charge on any atom is 0.227 e. The van der Waals surface area contributed by atoms with E-state index in [4.69, 9.17) is 10.8 Å². The van der Waals surface area contributed by atoms with Crippen LogP contribution in [0, 0.1) is 11.8 Å². The van der Waals surface area contributed by atoms with E-state index in [0.29, 0.717) is 12.5 Å². The number of carbonyl (C=O) groups excluding carboxylic acids is 1. The minimum Gasteiger partial charge on any atom is -0.395 e. The Morgan fingerprint density at radius 1 is 1.41 bits per heavy atom. The lowest BCUT2D eigenvalue weighted by Gasteiger charge is -2.35. The van der Waals surface area contributed by atoms with Crippen LogP contribution in [0.25, 0.3) is 0 Å². The van der Waals surface area contributed by atoms with Crippen molar-refractivity contribution in [2.24, 2.45) is 17.6 Å². The maximum atomic E-state index is 12.4. The van der Waals surface area contributed by atoms with Gasteiger partial charge in [0.2, 0.25) is 5.91 Å². The fraction of sp³-hybridized carbons (Fsp3) is 0.923. The lowest BCUT2D eigenvalue weighted by atomic mass is 9.78. The molecule has 1 aliphatic carbocycles. The highest BCUT2D eigenvalue weighted by atomic mass is 16.3. The Hall–Kier alpha value is -0.610. The molecule has 0 aromatic heterocycles. The van der Waals surface area contributed by atoms with Crippen molar-refractivity contribution in [2.45, 2.75) is 45.6 Å². The van der Waals surface area contributed by atoms with Gasteiger partial charge in [-0.3, -0.25) is 4.79 Å². The summed E-state index contributed by atoms with van der Waals surface area (Å²) in [6, 6.07) is -0.00301. The number of rotatable bonds is 5. The van der Waals surface area contributed by atoms with Crippen LogP contribution in [0.5, 0.6) is 0 Å². The van der Waals surface area contributed by atoms with Crippen LogP contribution >= 0.6 is 0 Å². The number of hydrogen-bond acceptors (Lipinski definition) is 3. The van der Waals surface area contributed by atoms with Crippen LogP contribution < -0.4 is 5.73 Å². The maximum absolute atomic E-state index is 12.4. The summed E-state index contributed by atoms with van der Waals surface area (Å²) >= 11 is 0. The van der Waals surface area contributed by atoms with Gasteiger partial charge in [-0.15, -0.1) is 0 Å². The second-order valence-corrected chi connectivity index (χ2v) is 5.24. The third-order valence-corrected chi connectivity index (χ3v) is 3.66. The molecule has 1 aliphatic rings. The largest absolute Gasteiger partial charge is 0.395 e. The number of aliphatic hydroxyl groups is 1. The lowest BCUT2D eigenvalue weighted by Crippen LogP contribution is -2.48. The molecule has 1 amide bonds. The summed E-state index contributed by atoms with van der Waals surface area (Å²) in [6.07, 6.45) is 3.88. The molecule has 4 heteroatoms. The molecule has 0 bridgehead atoms. The summed E-state index contributed by atoms with van der Waals surface area (Å²) < 4.78 is 0. The Kier molecular flexibility index (Phi) is 5.92. The van der Waals surface area contributed by atoms with Gasteiger partial charge in [-0.05, 0) is 31.6 Å². The molecule has 0 aliphatic heterocycles. The van der Waals surface area contributed by atoms with Gasteiger partial charge in [0, 0.05) is 19.1 Å². The van der Waals surface area contributed by atoms with Gasteiger partial charge in [-0.1, -0.05) is 13.8 Å². The van der Waals surface area contributed by atoms with E-state index in [1.807, 2.05) is 6.92 Å². The molecule has 1 rings (SSSR count). The molecule has 1 saturated carbocycles. The number of aliphatic hydroxyl groups excluding tert-OH is 1. The van der Waals surface area contributed by atoms with E-state index in [-0.39, 0.29) is 24.5 Å². The quantitative estimate of drug-likeness (QED) is 0.755. The standard InChI is InChI=1S/C13H26N2O2/c1-3-6-15(7-8-16)13(17)11-9-10(2)4-5-12(11)14/h10-12,16H,3-9,14H2,1-2H3. The lowest BCUT2D eigenvalue weighted by molar-refractivity contribution is -0.138. The highest BCUT2D eigenvalue weighted by molar-refractivity contribution is 5.79. The summed E-state index contributed by atoms with van der Waals surface area (Å²) in [6.45, 7) is 5.41. The average Bonchev–Trinajstić information content (AvgIpc) is 2.31. The molecule has 3 N–H and O–H groups in total. The Balaban J connectivity index is 2.63. The van der Waals surface area contributed by atoms with Crippen LogP contribution in [-0.4, -0.2) is 41.7 Å². The zero-order valence-corrected chi connectivity index (χ0v) is 11.1. The van der Waals surface area contributed by atoms with Crippen LogP contribution in [0.4, 0.5) is 0 Å². The van der Waals surface area contributed by atoms with E-state index < -0.39 is 0 Å². The van der Waals surface area contributed by atoms with E-state index in [0.717, 1.165) is 32.2 Å². The molecule has 0 heterocycles. The number of carbonyl (C=O) groups is 1. The van der Waals surface area contributed by atoms with Crippen LogP contribution in [0.1, 0.15) is 39.5 Å². The first-order valence-corrected chi connectivity index (χ1v) is 6.75. The van der Waals surface area contributed by atoms with Crippen molar-refractivity contribution in [3.63, 3.8) is 0 Å². The van der Waals surface area contributed by atoms with Gasteiger partial charge < -0.3 is 15.7 Å². The Morgan fingerprint density at radius 3 is 2.71 bits per heavy atom. The van der Waals surface area contributed by atoms with Crippen molar-refractivity contribution >= 4 is 5.91 Å². The minimum absolute atomic E-state index is 0.00301. The normalized spacial score (nSPS) is 29.1. The highest BCUT2D eigenvalue weighted by Crippen LogP contribution is 2.29. The fourth-order valence-corrected chi connectivity index (χ4v) is 2.65. The molecular formula is C13H26N2O2. The number of hydrogen-bond donors (Lipinski definition) is 2. The highest BCUT2D eigenvalue weighted by Gasteiger charge is 2.33. The van der Waals surface area contributed by atoms with Crippen molar-refractivity contribution < 1.29 is 9.90 Å². The smallest absolute Gasteiger partial charge is 0.227 e. The molecule has 1 fully saturated rings. The van der Waals surface area contributed by atoms with Gasteiger partial charge in [0.1, 0.15) is 0 Å². The first-order chi connectivity index (χ1) is 8.10. The molecule has 0 saturated heterocycles. The van der Waals surface area contributed by atoms with Gasteiger partial charge in [-0.2, -0.15) is 0 Å². The molecule has 3 unspecified atom stereocenters. The number of amides is 1. The van der Waals surface area contributed by atoms with E-state index in [9.17, 15) is 4.79 Å². The van der Waals surface area contributed by atoms with E-state index in [2.05, 4.69) is 6.92 Å². The molecular weight excluding hydrogens is 216 g/mol. The Bertz CT molecular complexity index is 240. The molecule has 17 heavy (non-hydrogen) atoms. The molecule has 0 aromatic carbocycles. The second-order valence-electron chi connectivity index (χ2n) is 5.24. The summed E-state index contributed by atoms with van der Waals surface area (Å²) in [7, 11) is 0. The van der Waals surface area contributed by atoms with Gasteiger partial charge in [0.25, 0.3) is 0 Å². The van der Waals surface area contributed by atoms with Crippen molar-refractivity contribution in [3.8, 4) is 0 Å².